The van der Waals surface area contributed by atoms with Crippen LogP contribution in [0.4, 0.5) is 0 Å². The number of piperazine rings is 1. The molecule has 1 aliphatic heterocycles. The van der Waals surface area contributed by atoms with Crippen LogP contribution in [0.1, 0.15) is 18.4 Å². The molecule has 1 aromatic carbocycles. The predicted octanol–water partition coefficient (Wildman–Crippen LogP) is 2.09. The van der Waals surface area contributed by atoms with E-state index in [4.69, 9.17) is 14.7 Å². The standard InChI is InChI=1S/C18H26N4O/c1-14-12-21(8-9-22(14)10-11-23-3)13-18-19-15(2)16-6-4-5-7-17(16)20-18/h4-7,14H,8-13H2,1-3H3. The second kappa shape index (κ2) is 7.34. The molecule has 124 valence electrons. The second-order valence-corrected chi connectivity index (χ2v) is 6.36. The highest BCUT2D eigenvalue weighted by atomic mass is 16.5. The zero-order chi connectivity index (χ0) is 16.2. The van der Waals surface area contributed by atoms with Crippen LogP contribution in [0.3, 0.4) is 0 Å². The minimum atomic E-state index is 0.542. The Morgan fingerprint density at radius 1 is 1.22 bits per heavy atom. The summed E-state index contributed by atoms with van der Waals surface area (Å²) < 4.78 is 5.19. The summed E-state index contributed by atoms with van der Waals surface area (Å²) in [5.74, 6) is 0.929. The number of hydrogen-bond acceptors (Lipinski definition) is 5. The maximum absolute atomic E-state index is 5.19. The van der Waals surface area contributed by atoms with Crippen LogP contribution < -0.4 is 0 Å². The van der Waals surface area contributed by atoms with E-state index in [0.717, 1.165) is 61.8 Å². The number of ether oxygens (including phenoxy) is 1. The molecule has 0 N–H and O–H groups in total. The van der Waals surface area contributed by atoms with Gasteiger partial charge in [-0.2, -0.15) is 0 Å². The Balaban J connectivity index is 1.66. The Morgan fingerprint density at radius 3 is 2.83 bits per heavy atom. The van der Waals surface area contributed by atoms with Crippen molar-refractivity contribution in [2.45, 2.75) is 26.4 Å². The predicted molar refractivity (Wildman–Crippen MR) is 92.5 cm³/mol. The lowest BCUT2D eigenvalue weighted by molar-refractivity contribution is 0.0547. The van der Waals surface area contributed by atoms with E-state index in [1.54, 1.807) is 7.11 Å². The average molecular weight is 314 g/mol. The van der Waals surface area contributed by atoms with Crippen molar-refractivity contribution in [1.82, 2.24) is 19.8 Å². The Bertz CT molecular complexity index is 661. The Morgan fingerprint density at radius 2 is 2.04 bits per heavy atom. The largest absolute Gasteiger partial charge is 0.383 e. The van der Waals surface area contributed by atoms with Crippen molar-refractivity contribution in [2.75, 3.05) is 39.9 Å². The van der Waals surface area contributed by atoms with E-state index in [1.165, 1.54) is 0 Å². The minimum Gasteiger partial charge on any atom is -0.383 e. The van der Waals surface area contributed by atoms with Gasteiger partial charge in [-0.05, 0) is 19.9 Å². The first-order valence-corrected chi connectivity index (χ1v) is 8.35. The van der Waals surface area contributed by atoms with E-state index in [0.29, 0.717) is 6.04 Å². The van der Waals surface area contributed by atoms with Crippen molar-refractivity contribution < 1.29 is 4.74 Å². The van der Waals surface area contributed by atoms with Gasteiger partial charge in [0.25, 0.3) is 0 Å². The van der Waals surface area contributed by atoms with Crippen molar-refractivity contribution in [3.63, 3.8) is 0 Å². The third-order valence-electron chi connectivity index (χ3n) is 4.64. The highest BCUT2D eigenvalue weighted by molar-refractivity contribution is 5.80. The van der Waals surface area contributed by atoms with Crippen LogP contribution in [-0.4, -0.2) is 65.7 Å². The normalized spacial score (nSPS) is 20.2. The van der Waals surface area contributed by atoms with Crippen LogP contribution in [0.2, 0.25) is 0 Å². The smallest absolute Gasteiger partial charge is 0.143 e. The second-order valence-electron chi connectivity index (χ2n) is 6.36. The fourth-order valence-electron chi connectivity index (χ4n) is 3.32. The summed E-state index contributed by atoms with van der Waals surface area (Å²) in [6, 6.07) is 8.78. The fourth-order valence-corrected chi connectivity index (χ4v) is 3.32. The minimum absolute atomic E-state index is 0.542. The van der Waals surface area contributed by atoms with Gasteiger partial charge in [-0.1, -0.05) is 18.2 Å². The van der Waals surface area contributed by atoms with Gasteiger partial charge < -0.3 is 4.74 Å². The fraction of sp³-hybridized carbons (Fsp3) is 0.556. The summed E-state index contributed by atoms with van der Waals surface area (Å²) in [7, 11) is 1.76. The van der Waals surface area contributed by atoms with Gasteiger partial charge >= 0.3 is 0 Å². The van der Waals surface area contributed by atoms with Crippen LogP contribution >= 0.6 is 0 Å². The molecule has 23 heavy (non-hydrogen) atoms. The van der Waals surface area contributed by atoms with E-state index in [1.807, 2.05) is 12.1 Å². The van der Waals surface area contributed by atoms with Gasteiger partial charge in [-0.25, -0.2) is 9.97 Å². The highest BCUT2D eigenvalue weighted by Crippen LogP contribution is 2.16. The van der Waals surface area contributed by atoms with Crippen molar-refractivity contribution in [3.8, 4) is 0 Å². The Hall–Kier alpha value is -1.56. The Kier molecular flexibility index (Phi) is 5.20. The molecule has 5 heteroatoms. The summed E-state index contributed by atoms with van der Waals surface area (Å²) in [5.41, 5.74) is 2.11. The quantitative estimate of drug-likeness (QED) is 0.845. The number of aromatic nitrogens is 2. The molecule has 1 unspecified atom stereocenters. The van der Waals surface area contributed by atoms with Gasteiger partial charge in [0, 0.05) is 50.4 Å². The van der Waals surface area contributed by atoms with E-state index >= 15 is 0 Å². The first-order valence-electron chi connectivity index (χ1n) is 8.35. The lowest BCUT2D eigenvalue weighted by Gasteiger charge is -2.39. The van der Waals surface area contributed by atoms with Crippen molar-refractivity contribution in [3.05, 3.63) is 35.8 Å². The molecular formula is C18H26N4O. The number of methoxy groups -OCH3 is 1. The summed E-state index contributed by atoms with van der Waals surface area (Å²) in [4.78, 5) is 14.4. The van der Waals surface area contributed by atoms with E-state index < -0.39 is 0 Å². The molecule has 5 nitrogen and oxygen atoms in total. The average Bonchev–Trinajstić information content (AvgIpc) is 2.54. The SMILES string of the molecule is COCCN1CCN(Cc2nc(C)c3ccccc3n2)CC1C. The number of hydrogen-bond donors (Lipinski definition) is 0. The van der Waals surface area contributed by atoms with Crippen molar-refractivity contribution in [2.24, 2.45) is 0 Å². The maximum atomic E-state index is 5.19. The molecule has 0 bridgehead atoms. The van der Waals surface area contributed by atoms with Crippen LogP contribution in [0, 0.1) is 6.92 Å². The van der Waals surface area contributed by atoms with Gasteiger partial charge in [0.2, 0.25) is 0 Å². The number of para-hydroxylation sites is 1. The molecule has 0 amide bonds. The first-order chi connectivity index (χ1) is 11.2. The molecule has 1 aromatic heterocycles. The van der Waals surface area contributed by atoms with Crippen molar-refractivity contribution >= 4 is 10.9 Å². The third kappa shape index (κ3) is 3.86. The first kappa shape index (κ1) is 16.3. The summed E-state index contributed by atoms with van der Waals surface area (Å²) in [6.45, 7) is 10.2. The molecule has 2 aromatic rings. The van der Waals surface area contributed by atoms with Gasteiger partial charge in [0.1, 0.15) is 5.82 Å². The molecule has 2 heterocycles. The summed E-state index contributed by atoms with van der Waals surface area (Å²) in [5, 5.41) is 1.15. The van der Waals surface area contributed by atoms with Crippen molar-refractivity contribution in [1.29, 1.82) is 0 Å². The van der Waals surface area contributed by atoms with Crippen LogP contribution in [0.25, 0.3) is 10.9 Å². The molecule has 1 aliphatic rings. The molecule has 0 spiro atoms. The molecule has 0 radical (unpaired) electrons. The molecule has 0 aliphatic carbocycles. The summed E-state index contributed by atoms with van der Waals surface area (Å²) >= 11 is 0. The maximum Gasteiger partial charge on any atom is 0.143 e. The lowest BCUT2D eigenvalue weighted by Crippen LogP contribution is -2.52. The van der Waals surface area contributed by atoms with Gasteiger partial charge in [0.05, 0.1) is 18.7 Å². The monoisotopic (exact) mass is 314 g/mol. The number of nitrogens with zero attached hydrogens (tertiary/aromatic N) is 4. The molecule has 0 saturated carbocycles. The van der Waals surface area contributed by atoms with Crippen LogP contribution in [0.15, 0.2) is 24.3 Å². The van der Waals surface area contributed by atoms with Crippen LogP contribution in [0.5, 0.6) is 0 Å². The molecule has 1 fully saturated rings. The van der Waals surface area contributed by atoms with E-state index in [-0.39, 0.29) is 0 Å². The zero-order valence-electron chi connectivity index (χ0n) is 14.3. The molecule has 1 saturated heterocycles. The van der Waals surface area contributed by atoms with E-state index in [9.17, 15) is 0 Å². The lowest BCUT2D eigenvalue weighted by atomic mass is 10.2. The third-order valence-corrected chi connectivity index (χ3v) is 4.64. The summed E-state index contributed by atoms with van der Waals surface area (Å²) in [6.07, 6.45) is 0. The number of benzene rings is 1. The van der Waals surface area contributed by atoms with Gasteiger partial charge in [-0.15, -0.1) is 0 Å². The molecule has 1 atom stereocenters. The number of aryl methyl sites for hydroxylation is 1. The Labute approximate surface area is 138 Å². The van der Waals surface area contributed by atoms with Gasteiger partial charge in [0.15, 0.2) is 0 Å². The number of rotatable bonds is 5. The zero-order valence-corrected chi connectivity index (χ0v) is 14.3. The van der Waals surface area contributed by atoms with E-state index in [2.05, 4.69) is 35.8 Å². The molecular weight excluding hydrogens is 288 g/mol. The highest BCUT2D eigenvalue weighted by Gasteiger charge is 2.23. The van der Waals surface area contributed by atoms with Crippen LogP contribution in [-0.2, 0) is 11.3 Å². The number of fused-ring (bicyclic) bond motifs is 1. The topological polar surface area (TPSA) is 41.5 Å². The van der Waals surface area contributed by atoms with Gasteiger partial charge in [-0.3, -0.25) is 9.80 Å². The molecule has 3 rings (SSSR count).